The molecule has 4 atom stereocenters. The number of carbonyl (C=O) groups excluding carboxylic acids is 2. The van der Waals surface area contributed by atoms with Gasteiger partial charge in [-0.1, -0.05) is 12.1 Å². The first kappa shape index (κ1) is 24.7. The summed E-state index contributed by atoms with van der Waals surface area (Å²) in [4.78, 5) is 25.3. The van der Waals surface area contributed by atoms with E-state index in [2.05, 4.69) is 10.6 Å². The fourth-order valence-electron chi connectivity index (χ4n) is 5.30. The summed E-state index contributed by atoms with van der Waals surface area (Å²) in [5.74, 6) is -0.0116. The molecule has 3 aliphatic rings. The van der Waals surface area contributed by atoms with Gasteiger partial charge in [-0.15, -0.1) is 0 Å². The van der Waals surface area contributed by atoms with E-state index in [1.54, 1.807) is 12.1 Å². The maximum atomic E-state index is 13.4. The van der Waals surface area contributed by atoms with Gasteiger partial charge in [0.25, 0.3) is 0 Å². The molecule has 2 amide bonds. The van der Waals surface area contributed by atoms with E-state index < -0.39 is 12.2 Å². The average Bonchev–Trinajstić information content (AvgIpc) is 3.25. The molecule has 2 fully saturated rings. The van der Waals surface area contributed by atoms with Gasteiger partial charge in [0.1, 0.15) is 23.8 Å². The largest absolute Gasteiger partial charge is 0.487 e. The Morgan fingerprint density at radius 2 is 1.94 bits per heavy atom. The Hall–Kier alpha value is -3.01. The molecule has 36 heavy (non-hydrogen) atoms. The second-order valence-electron chi connectivity index (χ2n) is 9.64. The maximum absolute atomic E-state index is 13.4. The summed E-state index contributed by atoms with van der Waals surface area (Å²) >= 11 is 0. The Labute approximate surface area is 209 Å². The average molecular weight is 499 g/mol. The van der Waals surface area contributed by atoms with Gasteiger partial charge in [0, 0.05) is 42.8 Å². The van der Waals surface area contributed by atoms with E-state index in [4.69, 9.17) is 14.2 Å². The minimum atomic E-state index is -0.572. The van der Waals surface area contributed by atoms with Gasteiger partial charge < -0.3 is 30.0 Å². The predicted octanol–water partition coefficient (Wildman–Crippen LogP) is 2.89. The summed E-state index contributed by atoms with van der Waals surface area (Å²) in [5.41, 5.74) is 2.32. The van der Waals surface area contributed by atoms with Crippen LogP contribution in [0.2, 0.25) is 0 Å². The number of aliphatic hydroxyl groups is 1. The van der Waals surface area contributed by atoms with Gasteiger partial charge in [0.05, 0.1) is 19.1 Å². The zero-order valence-electron chi connectivity index (χ0n) is 20.0. The molecular weight excluding hydrogens is 467 g/mol. The summed E-state index contributed by atoms with van der Waals surface area (Å²) in [6.07, 6.45) is 0.733. The van der Waals surface area contributed by atoms with Crippen molar-refractivity contribution in [3.8, 4) is 5.75 Å². The topological polar surface area (TPSA) is 106 Å². The molecule has 8 nitrogen and oxygen atoms in total. The molecular formula is C27H31FN2O6. The molecule has 192 valence electrons. The van der Waals surface area contributed by atoms with Crippen LogP contribution in [0.5, 0.6) is 5.75 Å². The molecule has 0 spiro atoms. The summed E-state index contributed by atoms with van der Waals surface area (Å²) in [5, 5.41) is 15.8. The van der Waals surface area contributed by atoms with Crippen molar-refractivity contribution in [3.63, 3.8) is 0 Å². The number of aliphatic hydroxyl groups excluding tert-OH is 1. The highest BCUT2D eigenvalue weighted by Crippen LogP contribution is 2.47. The number of ether oxygens (including phenoxy) is 3. The molecule has 2 aromatic rings. The SMILES string of the molecule is O=C(C[C@H]1C[C@H]2c3cc(NC(=O)C4CCOCC4)ccc3O[C@H]2[C@@H](CO)O1)NCc1cccc(F)c1. The molecule has 0 aliphatic carbocycles. The van der Waals surface area contributed by atoms with E-state index in [1.807, 2.05) is 18.2 Å². The highest BCUT2D eigenvalue weighted by Gasteiger charge is 2.46. The zero-order valence-corrected chi connectivity index (χ0v) is 20.0. The van der Waals surface area contributed by atoms with Gasteiger partial charge in [-0.2, -0.15) is 0 Å². The molecule has 0 aromatic heterocycles. The van der Waals surface area contributed by atoms with Gasteiger partial charge in [0.2, 0.25) is 11.8 Å². The number of amides is 2. The molecule has 3 aliphatic heterocycles. The predicted molar refractivity (Wildman–Crippen MR) is 129 cm³/mol. The van der Waals surface area contributed by atoms with Gasteiger partial charge in [0.15, 0.2) is 0 Å². The van der Waals surface area contributed by atoms with Crippen LogP contribution in [0.15, 0.2) is 42.5 Å². The van der Waals surface area contributed by atoms with Crippen LogP contribution < -0.4 is 15.4 Å². The first-order valence-electron chi connectivity index (χ1n) is 12.5. The summed E-state index contributed by atoms with van der Waals surface area (Å²) in [6, 6.07) is 11.7. The van der Waals surface area contributed by atoms with Crippen molar-refractivity contribution in [2.75, 3.05) is 25.1 Å². The third-order valence-electron chi connectivity index (χ3n) is 7.15. The third kappa shape index (κ3) is 5.53. The second kappa shape index (κ2) is 10.9. The van der Waals surface area contributed by atoms with Crippen molar-refractivity contribution >= 4 is 17.5 Å². The molecule has 0 unspecified atom stereocenters. The molecule has 9 heteroatoms. The van der Waals surface area contributed by atoms with Crippen LogP contribution in [0.3, 0.4) is 0 Å². The van der Waals surface area contributed by atoms with Crippen molar-refractivity contribution in [1.29, 1.82) is 0 Å². The zero-order chi connectivity index (χ0) is 25.1. The van der Waals surface area contributed by atoms with Gasteiger partial charge >= 0.3 is 0 Å². The molecule has 0 bridgehead atoms. The van der Waals surface area contributed by atoms with Crippen LogP contribution in [0.4, 0.5) is 10.1 Å². The molecule has 3 N–H and O–H groups in total. The quantitative estimate of drug-likeness (QED) is 0.542. The Balaban J connectivity index is 1.23. The summed E-state index contributed by atoms with van der Waals surface area (Å²) in [7, 11) is 0. The van der Waals surface area contributed by atoms with Crippen molar-refractivity contribution < 1.29 is 33.3 Å². The van der Waals surface area contributed by atoms with Gasteiger partial charge in [-0.3, -0.25) is 9.59 Å². The monoisotopic (exact) mass is 498 g/mol. The Kier molecular flexibility index (Phi) is 7.50. The minimum absolute atomic E-state index is 0.0122. The number of nitrogens with one attached hydrogen (secondary N) is 2. The Morgan fingerprint density at radius 3 is 2.72 bits per heavy atom. The van der Waals surface area contributed by atoms with E-state index in [-0.39, 0.29) is 55.1 Å². The molecule has 2 saturated heterocycles. The van der Waals surface area contributed by atoms with Crippen molar-refractivity contribution in [3.05, 3.63) is 59.4 Å². The van der Waals surface area contributed by atoms with E-state index in [0.717, 1.165) is 5.56 Å². The van der Waals surface area contributed by atoms with E-state index in [9.17, 15) is 19.1 Å². The van der Waals surface area contributed by atoms with Crippen LogP contribution in [-0.4, -0.2) is 55.1 Å². The van der Waals surface area contributed by atoms with Crippen LogP contribution >= 0.6 is 0 Å². The summed E-state index contributed by atoms with van der Waals surface area (Å²) in [6.45, 7) is 1.18. The van der Waals surface area contributed by atoms with E-state index >= 15 is 0 Å². The number of hydrogen-bond donors (Lipinski definition) is 3. The van der Waals surface area contributed by atoms with Crippen LogP contribution in [0.1, 0.15) is 42.7 Å². The molecule has 0 radical (unpaired) electrons. The van der Waals surface area contributed by atoms with Crippen LogP contribution in [0.25, 0.3) is 0 Å². The summed E-state index contributed by atoms with van der Waals surface area (Å²) < 4.78 is 30.9. The molecule has 2 aromatic carbocycles. The highest BCUT2D eigenvalue weighted by molar-refractivity contribution is 5.92. The fourth-order valence-corrected chi connectivity index (χ4v) is 5.30. The lowest BCUT2D eigenvalue weighted by Crippen LogP contribution is -2.47. The van der Waals surface area contributed by atoms with E-state index in [1.165, 1.54) is 12.1 Å². The van der Waals surface area contributed by atoms with E-state index in [0.29, 0.717) is 49.5 Å². The highest BCUT2D eigenvalue weighted by atomic mass is 19.1. The number of rotatable bonds is 7. The Morgan fingerprint density at radius 1 is 1.11 bits per heavy atom. The molecule has 5 rings (SSSR count). The van der Waals surface area contributed by atoms with Crippen LogP contribution in [0, 0.1) is 11.7 Å². The number of halogens is 1. The smallest absolute Gasteiger partial charge is 0.227 e. The number of anilines is 1. The lowest BCUT2D eigenvalue weighted by atomic mass is 9.84. The standard InChI is InChI=1S/C27H31FN2O6/c28-18-3-1-2-16(10-18)14-29-25(32)13-20-12-22-21-11-19(30-27(33)17-6-8-34-9-7-17)4-5-23(21)36-26(22)24(15-31)35-20/h1-5,10-11,17,20,22,24,26,31H,6-9,12-15H2,(H,29,32)(H,30,33)/t20-,22+,24-,26-/m1/s1. The van der Waals surface area contributed by atoms with Gasteiger partial charge in [-0.05, 0) is 55.2 Å². The Bertz CT molecular complexity index is 1110. The normalized spacial score (nSPS) is 25.4. The number of benzene rings is 2. The number of hydrogen-bond acceptors (Lipinski definition) is 6. The fraction of sp³-hybridized carbons (Fsp3) is 0.481. The molecule has 3 heterocycles. The number of fused-ring (bicyclic) bond motifs is 3. The first-order valence-corrected chi connectivity index (χ1v) is 12.5. The second-order valence-corrected chi connectivity index (χ2v) is 9.64. The van der Waals surface area contributed by atoms with Crippen LogP contribution in [-0.2, 0) is 25.6 Å². The van der Waals surface area contributed by atoms with Gasteiger partial charge in [-0.25, -0.2) is 4.39 Å². The van der Waals surface area contributed by atoms with Crippen molar-refractivity contribution in [2.24, 2.45) is 5.92 Å². The number of carbonyl (C=O) groups is 2. The lowest BCUT2D eigenvalue weighted by molar-refractivity contribution is -0.142. The van der Waals surface area contributed by atoms with Crippen molar-refractivity contribution in [2.45, 2.75) is 56.5 Å². The maximum Gasteiger partial charge on any atom is 0.227 e. The first-order chi connectivity index (χ1) is 17.5. The molecule has 0 saturated carbocycles. The minimum Gasteiger partial charge on any atom is -0.487 e. The lowest BCUT2D eigenvalue weighted by Gasteiger charge is -2.37. The van der Waals surface area contributed by atoms with Crippen molar-refractivity contribution in [1.82, 2.24) is 5.32 Å². The third-order valence-corrected chi connectivity index (χ3v) is 7.15.